The Kier molecular flexibility index (Phi) is 8.61. The van der Waals surface area contributed by atoms with E-state index in [9.17, 15) is 0 Å². The first kappa shape index (κ1) is 35.3. The zero-order valence-electron chi connectivity index (χ0n) is 33.1. The molecule has 0 saturated carbocycles. The maximum Gasteiger partial charge on any atom is 0.0725 e. The van der Waals surface area contributed by atoms with Crippen LogP contribution in [0.1, 0.15) is 57.0 Å². The van der Waals surface area contributed by atoms with Crippen LogP contribution in [-0.4, -0.2) is 5.71 Å². The van der Waals surface area contributed by atoms with Gasteiger partial charge in [0.2, 0.25) is 0 Å². The fraction of sp³-hybridized carbons (Fsp3) is 0.0702. The normalized spacial score (nSPS) is 13.5. The molecule has 0 aliphatic heterocycles. The van der Waals surface area contributed by atoms with Crippen LogP contribution < -0.4 is 0 Å². The lowest BCUT2D eigenvalue weighted by Crippen LogP contribution is -2.25. The average Bonchev–Trinajstić information content (AvgIpc) is 3.74. The molecule has 0 N–H and O–H groups in total. The Balaban J connectivity index is 1.22. The van der Waals surface area contributed by atoms with E-state index in [0.717, 1.165) is 33.7 Å². The van der Waals surface area contributed by atoms with Gasteiger partial charge in [0, 0.05) is 16.8 Å². The number of benzene rings is 8. The Hall–Kier alpha value is -7.09. The minimum Gasteiger partial charge on any atom is -0.252 e. The summed E-state index contributed by atoms with van der Waals surface area (Å²) < 4.78 is 0. The first-order valence-electron chi connectivity index (χ1n) is 20.2. The highest BCUT2D eigenvalue weighted by molar-refractivity contribution is 6.09. The number of allylic oxidation sites excluding steroid dienone is 2. The predicted octanol–water partition coefficient (Wildman–Crippen LogP) is 14.5. The number of fused-ring (bicyclic) bond motifs is 10. The maximum absolute atomic E-state index is 5.48. The number of aryl methyl sites for hydroxylation is 1. The lowest BCUT2D eigenvalue weighted by Gasteiger charge is -2.31. The van der Waals surface area contributed by atoms with Gasteiger partial charge in [0.1, 0.15) is 0 Å². The smallest absolute Gasteiger partial charge is 0.0725 e. The van der Waals surface area contributed by atoms with Gasteiger partial charge in [0.25, 0.3) is 0 Å². The summed E-state index contributed by atoms with van der Waals surface area (Å²) >= 11 is 0. The molecule has 1 nitrogen and oxygen atoms in total. The highest BCUT2D eigenvalue weighted by Gasteiger charge is 2.51. The topological polar surface area (TPSA) is 12.4 Å². The van der Waals surface area contributed by atoms with Gasteiger partial charge < -0.3 is 0 Å². The van der Waals surface area contributed by atoms with Crippen molar-refractivity contribution in [3.8, 4) is 44.5 Å². The van der Waals surface area contributed by atoms with Crippen LogP contribution in [0.5, 0.6) is 0 Å². The summed E-state index contributed by atoms with van der Waals surface area (Å²) in [5.41, 5.74) is 23.5. The fourth-order valence-electron chi connectivity index (χ4n) is 9.73. The standard InChI is InChI=1S/C57H43N/c1-37-19-11-12-24-44(37)45-33-34-46(40(4)58-55(42-22-9-6-10-23-42)35-38(2)41-20-7-5-8-21-41)56(39(45)3)43-31-32-50-49-27-15-18-30-53(49)57(54(50)36-43)51-28-16-13-25-47(51)48-26-14-17-29-52(48)57/h5-36H,2H2,1,3-4H3/b55-35-,58-40?. The van der Waals surface area contributed by atoms with E-state index in [-0.39, 0.29) is 0 Å². The molecule has 1 spiro atoms. The molecule has 0 aromatic heterocycles. The predicted molar refractivity (Wildman–Crippen MR) is 245 cm³/mol. The third kappa shape index (κ3) is 5.50. The van der Waals surface area contributed by atoms with Crippen molar-refractivity contribution in [3.05, 3.63) is 251 Å². The van der Waals surface area contributed by atoms with Crippen LogP contribution >= 0.6 is 0 Å². The second-order valence-electron chi connectivity index (χ2n) is 15.6. The molecule has 0 saturated heterocycles. The molecule has 8 aromatic carbocycles. The van der Waals surface area contributed by atoms with Crippen LogP contribution in [0.15, 0.2) is 206 Å². The molecule has 2 aliphatic carbocycles. The van der Waals surface area contributed by atoms with Gasteiger partial charge in [0.15, 0.2) is 0 Å². The highest BCUT2D eigenvalue weighted by Crippen LogP contribution is 2.63. The number of rotatable bonds is 7. The molecule has 0 unspecified atom stereocenters. The second-order valence-corrected chi connectivity index (χ2v) is 15.6. The number of hydrogen-bond donors (Lipinski definition) is 0. The van der Waals surface area contributed by atoms with Gasteiger partial charge in [-0.3, -0.25) is 4.99 Å². The van der Waals surface area contributed by atoms with E-state index in [1.54, 1.807) is 0 Å². The number of aliphatic imine (C=N–C) groups is 1. The molecule has 0 atom stereocenters. The third-order valence-electron chi connectivity index (χ3n) is 12.4. The van der Waals surface area contributed by atoms with E-state index in [1.165, 1.54) is 77.9 Å². The molecule has 0 bridgehead atoms. The molecule has 276 valence electrons. The van der Waals surface area contributed by atoms with E-state index in [0.29, 0.717) is 0 Å². The zero-order valence-corrected chi connectivity index (χ0v) is 33.1. The molecule has 0 radical (unpaired) electrons. The summed E-state index contributed by atoms with van der Waals surface area (Å²) in [5, 5.41) is 0. The van der Waals surface area contributed by atoms with Crippen LogP contribution in [0.4, 0.5) is 0 Å². The van der Waals surface area contributed by atoms with Crippen molar-refractivity contribution in [2.75, 3.05) is 0 Å². The van der Waals surface area contributed by atoms with Crippen LogP contribution in [0, 0.1) is 13.8 Å². The van der Waals surface area contributed by atoms with E-state index in [2.05, 4.69) is 215 Å². The van der Waals surface area contributed by atoms with Gasteiger partial charge in [-0.25, -0.2) is 0 Å². The lowest BCUT2D eigenvalue weighted by molar-refractivity contribution is 0.794. The van der Waals surface area contributed by atoms with Gasteiger partial charge in [-0.05, 0) is 122 Å². The number of nitrogens with zero attached hydrogens (tertiary/aromatic N) is 1. The molecule has 2 aliphatic rings. The minimum absolute atomic E-state index is 0.430. The average molecular weight is 742 g/mol. The first-order chi connectivity index (χ1) is 28.4. The lowest BCUT2D eigenvalue weighted by atomic mass is 9.70. The second kappa shape index (κ2) is 14.1. The van der Waals surface area contributed by atoms with Crippen molar-refractivity contribution in [2.45, 2.75) is 26.2 Å². The quantitative estimate of drug-likeness (QED) is 0.114. The monoisotopic (exact) mass is 741 g/mol. The summed E-state index contributed by atoms with van der Waals surface area (Å²) in [7, 11) is 0. The van der Waals surface area contributed by atoms with Gasteiger partial charge in [-0.2, -0.15) is 0 Å². The molecule has 0 heterocycles. The summed E-state index contributed by atoms with van der Waals surface area (Å²) in [5.74, 6) is 0. The summed E-state index contributed by atoms with van der Waals surface area (Å²) in [6.07, 6.45) is 2.12. The van der Waals surface area contributed by atoms with Crippen LogP contribution in [0.25, 0.3) is 55.8 Å². The van der Waals surface area contributed by atoms with E-state index in [4.69, 9.17) is 4.99 Å². The van der Waals surface area contributed by atoms with Crippen molar-refractivity contribution in [3.63, 3.8) is 0 Å². The van der Waals surface area contributed by atoms with Gasteiger partial charge >= 0.3 is 0 Å². The number of hydrogen-bond acceptors (Lipinski definition) is 1. The Bertz CT molecular complexity index is 2920. The van der Waals surface area contributed by atoms with Gasteiger partial charge in [-0.15, -0.1) is 0 Å². The largest absolute Gasteiger partial charge is 0.252 e. The molecular formula is C57H43N. The molecule has 1 heteroatoms. The summed E-state index contributed by atoms with van der Waals surface area (Å²) in [4.78, 5) is 5.48. The van der Waals surface area contributed by atoms with E-state index >= 15 is 0 Å². The molecule has 58 heavy (non-hydrogen) atoms. The van der Waals surface area contributed by atoms with Crippen LogP contribution in [0.2, 0.25) is 0 Å². The molecule has 8 aromatic rings. The Morgan fingerprint density at radius 2 is 0.966 bits per heavy atom. The SMILES string of the molecule is C=C(/C=C(\N=C(C)c1ccc(-c2ccccc2C)c(C)c1-c1ccc2c(c1)C1(c3ccccc3-c3ccccc31)c1ccccc1-2)c1ccccc1)c1ccccc1. The third-order valence-corrected chi connectivity index (χ3v) is 12.4. The van der Waals surface area contributed by atoms with Crippen molar-refractivity contribution in [2.24, 2.45) is 4.99 Å². The maximum atomic E-state index is 5.48. The molecule has 0 amide bonds. The molecule has 10 rings (SSSR count). The minimum atomic E-state index is -0.430. The van der Waals surface area contributed by atoms with Gasteiger partial charge in [-0.1, -0.05) is 189 Å². The molecular weight excluding hydrogens is 699 g/mol. The van der Waals surface area contributed by atoms with Gasteiger partial charge in [0.05, 0.1) is 11.1 Å². The summed E-state index contributed by atoms with van der Waals surface area (Å²) in [6, 6.07) is 68.4. The summed E-state index contributed by atoms with van der Waals surface area (Å²) in [6.45, 7) is 11.1. The zero-order chi connectivity index (χ0) is 39.4. The van der Waals surface area contributed by atoms with Crippen LogP contribution in [0.3, 0.4) is 0 Å². The Morgan fingerprint density at radius 3 is 1.55 bits per heavy atom. The van der Waals surface area contributed by atoms with E-state index in [1.807, 2.05) is 6.07 Å². The van der Waals surface area contributed by atoms with Crippen molar-refractivity contribution in [1.82, 2.24) is 0 Å². The fourth-order valence-corrected chi connectivity index (χ4v) is 9.73. The van der Waals surface area contributed by atoms with E-state index < -0.39 is 5.41 Å². The Labute approximate surface area is 342 Å². The van der Waals surface area contributed by atoms with Crippen molar-refractivity contribution >= 4 is 17.0 Å². The van der Waals surface area contributed by atoms with Crippen molar-refractivity contribution < 1.29 is 0 Å². The molecule has 0 fully saturated rings. The van der Waals surface area contributed by atoms with Crippen molar-refractivity contribution in [1.29, 1.82) is 0 Å². The first-order valence-corrected chi connectivity index (χ1v) is 20.2. The Morgan fingerprint density at radius 1 is 0.483 bits per heavy atom. The van der Waals surface area contributed by atoms with Crippen LogP contribution in [-0.2, 0) is 5.41 Å². The highest BCUT2D eigenvalue weighted by atomic mass is 14.8.